The summed E-state index contributed by atoms with van der Waals surface area (Å²) >= 11 is 0. The summed E-state index contributed by atoms with van der Waals surface area (Å²) < 4.78 is 10.5. The number of carbonyl (C=O) groups excluding carboxylic acids is 1. The van der Waals surface area contributed by atoms with Gasteiger partial charge in [-0.2, -0.15) is 0 Å². The fourth-order valence-electron chi connectivity index (χ4n) is 2.19. The first-order valence-electron chi connectivity index (χ1n) is 8.23. The van der Waals surface area contributed by atoms with E-state index in [1.54, 1.807) is 14.2 Å². The van der Waals surface area contributed by atoms with Gasteiger partial charge in [0.25, 0.3) is 5.91 Å². The number of carbonyl (C=O) groups is 1. The predicted molar refractivity (Wildman–Crippen MR) is 96.1 cm³/mol. The highest BCUT2D eigenvalue weighted by atomic mass is 16.5. The molecule has 134 valence electrons. The van der Waals surface area contributed by atoms with Crippen molar-refractivity contribution in [3.8, 4) is 11.5 Å². The smallest absolute Gasteiger partial charge is 0.254 e. The maximum absolute atomic E-state index is 11.9. The Morgan fingerprint density at radius 3 is 2.48 bits per heavy atom. The third kappa shape index (κ3) is 5.34. The molecule has 0 fully saturated rings. The van der Waals surface area contributed by atoms with Gasteiger partial charge in [-0.15, -0.1) is 0 Å². The minimum Gasteiger partial charge on any atom is -0.493 e. The molecule has 0 spiro atoms. The molecule has 1 heterocycles. The van der Waals surface area contributed by atoms with Crippen molar-refractivity contribution in [3.05, 3.63) is 41.7 Å². The average Bonchev–Trinajstić information content (AvgIpc) is 2.66. The van der Waals surface area contributed by atoms with Crippen molar-refractivity contribution in [1.82, 2.24) is 15.3 Å². The zero-order valence-corrected chi connectivity index (χ0v) is 14.8. The molecule has 1 aromatic carbocycles. The largest absolute Gasteiger partial charge is 0.493 e. The Hall–Kier alpha value is -2.83. The van der Waals surface area contributed by atoms with Crippen LogP contribution in [0, 0.1) is 0 Å². The first-order valence-corrected chi connectivity index (χ1v) is 8.23. The van der Waals surface area contributed by atoms with Gasteiger partial charge < -0.3 is 20.1 Å². The van der Waals surface area contributed by atoms with E-state index in [0.717, 1.165) is 18.4 Å². The minimum atomic E-state index is -0.153. The van der Waals surface area contributed by atoms with Gasteiger partial charge in [-0.3, -0.25) is 4.79 Å². The van der Waals surface area contributed by atoms with Crippen molar-refractivity contribution >= 4 is 11.9 Å². The van der Waals surface area contributed by atoms with Crippen LogP contribution in [0.1, 0.15) is 35.7 Å². The molecule has 0 aliphatic rings. The number of hydrogen-bond donors (Lipinski definition) is 2. The van der Waals surface area contributed by atoms with Crippen molar-refractivity contribution in [1.29, 1.82) is 0 Å². The van der Waals surface area contributed by atoms with E-state index in [-0.39, 0.29) is 5.91 Å². The minimum absolute atomic E-state index is 0.153. The third-order valence-corrected chi connectivity index (χ3v) is 3.63. The molecular weight excluding hydrogens is 320 g/mol. The van der Waals surface area contributed by atoms with Gasteiger partial charge in [0, 0.05) is 25.5 Å². The monoisotopic (exact) mass is 344 g/mol. The van der Waals surface area contributed by atoms with Gasteiger partial charge >= 0.3 is 0 Å². The lowest BCUT2D eigenvalue weighted by Crippen LogP contribution is -2.24. The topological polar surface area (TPSA) is 85.4 Å². The molecule has 0 radical (unpaired) electrons. The van der Waals surface area contributed by atoms with E-state index in [1.807, 2.05) is 18.2 Å². The van der Waals surface area contributed by atoms with E-state index in [2.05, 4.69) is 27.5 Å². The first-order chi connectivity index (χ1) is 12.2. The molecule has 2 rings (SSSR count). The number of anilines is 1. The number of nitrogens with one attached hydrogen (secondary N) is 2. The van der Waals surface area contributed by atoms with Crippen LogP contribution in [0.2, 0.25) is 0 Å². The zero-order chi connectivity index (χ0) is 18.1. The van der Waals surface area contributed by atoms with Crippen LogP contribution in [0.15, 0.2) is 30.6 Å². The van der Waals surface area contributed by atoms with Gasteiger partial charge in [-0.05, 0) is 24.1 Å². The lowest BCUT2D eigenvalue weighted by atomic mass is 10.2. The second-order valence-electron chi connectivity index (χ2n) is 5.45. The summed E-state index contributed by atoms with van der Waals surface area (Å²) in [6.45, 7) is 3.27. The predicted octanol–water partition coefficient (Wildman–Crippen LogP) is 2.64. The molecule has 0 aliphatic carbocycles. The van der Waals surface area contributed by atoms with Crippen molar-refractivity contribution in [2.75, 3.05) is 26.1 Å². The number of rotatable bonds is 9. The SMILES string of the molecule is CCCCNC(=O)c1cnc(NCc2ccc(OC)c(OC)c2)nc1. The normalized spacial score (nSPS) is 10.2. The second kappa shape index (κ2) is 9.46. The van der Waals surface area contributed by atoms with E-state index in [9.17, 15) is 4.79 Å². The summed E-state index contributed by atoms with van der Waals surface area (Å²) in [5.74, 6) is 1.66. The first kappa shape index (κ1) is 18.5. The van der Waals surface area contributed by atoms with Gasteiger partial charge in [0.05, 0.1) is 19.8 Å². The zero-order valence-electron chi connectivity index (χ0n) is 14.8. The molecule has 1 amide bonds. The number of ether oxygens (including phenoxy) is 2. The van der Waals surface area contributed by atoms with Crippen LogP contribution >= 0.6 is 0 Å². The molecule has 0 bridgehead atoms. The Balaban J connectivity index is 1.92. The number of hydrogen-bond acceptors (Lipinski definition) is 6. The number of amides is 1. The Labute approximate surface area is 147 Å². The lowest BCUT2D eigenvalue weighted by molar-refractivity contribution is 0.0952. The van der Waals surface area contributed by atoms with Crippen LogP contribution in [0.5, 0.6) is 11.5 Å². The van der Waals surface area contributed by atoms with E-state index in [1.165, 1.54) is 12.4 Å². The van der Waals surface area contributed by atoms with Gasteiger partial charge in [0.15, 0.2) is 11.5 Å². The number of unbranched alkanes of at least 4 members (excludes halogenated alkanes) is 1. The second-order valence-corrected chi connectivity index (χ2v) is 5.45. The molecule has 1 aromatic heterocycles. The van der Waals surface area contributed by atoms with Crippen LogP contribution in [0.25, 0.3) is 0 Å². The standard InChI is InChI=1S/C18H24N4O3/c1-4-5-8-19-17(23)14-11-21-18(22-12-14)20-10-13-6-7-15(24-2)16(9-13)25-3/h6-7,9,11-12H,4-5,8,10H2,1-3H3,(H,19,23)(H,20,21,22). The summed E-state index contributed by atoms with van der Waals surface area (Å²) in [6.07, 6.45) is 5.03. The van der Waals surface area contributed by atoms with Gasteiger partial charge in [0.1, 0.15) is 0 Å². The van der Waals surface area contributed by atoms with Crippen molar-refractivity contribution in [2.24, 2.45) is 0 Å². The highest BCUT2D eigenvalue weighted by molar-refractivity contribution is 5.93. The maximum Gasteiger partial charge on any atom is 0.254 e. The molecule has 2 N–H and O–H groups in total. The molecular formula is C18H24N4O3. The van der Waals surface area contributed by atoms with Crippen molar-refractivity contribution in [2.45, 2.75) is 26.3 Å². The van der Waals surface area contributed by atoms with E-state index in [4.69, 9.17) is 9.47 Å². The van der Waals surface area contributed by atoms with E-state index in [0.29, 0.717) is 36.1 Å². The molecule has 0 atom stereocenters. The van der Waals surface area contributed by atoms with Gasteiger partial charge in [-0.25, -0.2) is 9.97 Å². The molecule has 0 saturated carbocycles. The quantitative estimate of drug-likeness (QED) is 0.680. The van der Waals surface area contributed by atoms with Crippen LogP contribution in [-0.2, 0) is 6.54 Å². The molecule has 7 nitrogen and oxygen atoms in total. The molecule has 2 aromatic rings. The fourth-order valence-corrected chi connectivity index (χ4v) is 2.19. The van der Waals surface area contributed by atoms with Crippen LogP contribution in [-0.4, -0.2) is 36.6 Å². The van der Waals surface area contributed by atoms with Crippen LogP contribution in [0.3, 0.4) is 0 Å². The Bertz CT molecular complexity index is 689. The number of aromatic nitrogens is 2. The third-order valence-electron chi connectivity index (χ3n) is 3.63. The molecule has 0 aliphatic heterocycles. The lowest BCUT2D eigenvalue weighted by Gasteiger charge is -2.10. The Morgan fingerprint density at radius 2 is 1.84 bits per heavy atom. The van der Waals surface area contributed by atoms with Crippen molar-refractivity contribution < 1.29 is 14.3 Å². The van der Waals surface area contributed by atoms with Crippen LogP contribution < -0.4 is 20.1 Å². The fraction of sp³-hybridized carbons (Fsp3) is 0.389. The van der Waals surface area contributed by atoms with E-state index < -0.39 is 0 Å². The number of benzene rings is 1. The highest BCUT2D eigenvalue weighted by Gasteiger charge is 2.07. The average molecular weight is 344 g/mol. The Morgan fingerprint density at radius 1 is 1.12 bits per heavy atom. The van der Waals surface area contributed by atoms with Crippen molar-refractivity contribution in [3.63, 3.8) is 0 Å². The number of methoxy groups -OCH3 is 2. The summed E-state index contributed by atoms with van der Waals surface area (Å²) in [6, 6.07) is 5.67. The van der Waals surface area contributed by atoms with Crippen LogP contribution in [0.4, 0.5) is 5.95 Å². The molecule has 25 heavy (non-hydrogen) atoms. The van der Waals surface area contributed by atoms with Gasteiger partial charge in [0.2, 0.25) is 5.95 Å². The highest BCUT2D eigenvalue weighted by Crippen LogP contribution is 2.27. The Kier molecular flexibility index (Phi) is 7.00. The summed E-state index contributed by atoms with van der Waals surface area (Å²) in [4.78, 5) is 20.3. The summed E-state index contributed by atoms with van der Waals surface area (Å²) in [5.41, 5.74) is 1.45. The maximum atomic E-state index is 11.9. The number of nitrogens with zero attached hydrogens (tertiary/aromatic N) is 2. The van der Waals surface area contributed by atoms with Gasteiger partial charge in [-0.1, -0.05) is 19.4 Å². The van der Waals surface area contributed by atoms with E-state index >= 15 is 0 Å². The molecule has 7 heteroatoms. The molecule has 0 unspecified atom stereocenters. The molecule has 0 saturated heterocycles. The summed E-state index contributed by atoms with van der Waals surface area (Å²) in [7, 11) is 3.20. The summed E-state index contributed by atoms with van der Waals surface area (Å²) in [5, 5.41) is 5.95.